The average molecular weight is 340 g/mol. The van der Waals surface area contributed by atoms with Gasteiger partial charge in [0.1, 0.15) is 17.6 Å². The minimum Gasteiger partial charge on any atom is -0.468 e. The van der Waals surface area contributed by atoms with Crippen molar-refractivity contribution in [3.63, 3.8) is 0 Å². The van der Waals surface area contributed by atoms with Gasteiger partial charge in [-0.05, 0) is 38.4 Å². The van der Waals surface area contributed by atoms with Crippen molar-refractivity contribution in [2.75, 3.05) is 26.0 Å². The predicted molar refractivity (Wildman–Crippen MR) is 90.2 cm³/mol. The molecule has 0 aliphatic carbocycles. The summed E-state index contributed by atoms with van der Waals surface area (Å²) in [4.78, 5) is 6.06. The number of benzene rings is 1. The fourth-order valence-electron chi connectivity index (χ4n) is 2.47. The van der Waals surface area contributed by atoms with Crippen LogP contribution in [0.15, 0.2) is 51.5 Å². The van der Waals surface area contributed by atoms with Gasteiger partial charge in [-0.2, -0.15) is 10.2 Å². The van der Waals surface area contributed by atoms with Gasteiger partial charge >= 0.3 is 0 Å². The highest BCUT2D eigenvalue weighted by molar-refractivity contribution is 5.59. The number of anilines is 1. The van der Waals surface area contributed by atoms with E-state index in [9.17, 15) is 9.65 Å². The molecule has 0 bridgehead atoms. The molecule has 0 aliphatic rings. The third-order valence-electron chi connectivity index (χ3n) is 3.79. The van der Waals surface area contributed by atoms with Crippen LogP contribution in [0.25, 0.3) is 11.5 Å². The molecule has 0 amide bonds. The van der Waals surface area contributed by atoms with Gasteiger partial charge in [0.2, 0.25) is 17.5 Å². The van der Waals surface area contributed by atoms with Crippen molar-refractivity contribution in [3.05, 3.63) is 59.9 Å². The smallest absolute Gasteiger partial charge is 0.233 e. The Hall–Kier alpha value is -3.11. The molecule has 0 saturated carbocycles. The van der Waals surface area contributed by atoms with E-state index in [4.69, 9.17) is 8.83 Å². The standard InChI is InChI=1S/C18H17FN4O2/c1-23(2)15(16-8-5-9-24-16)11-21-18-14(10-20)22-17(25-18)12-6-3-4-7-13(12)19/h3-9,15,21H,11H2,1-2H3/t15-/m1/s1. The second-order valence-corrected chi connectivity index (χ2v) is 5.66. The summed E-state index contributed by atoms with van der Waals surface area (Å²) in [5.41, 5.74) is 0.289. The number of nitrogens with one attached hydrogen (secondary N) is 1. The molecule has 0 saturated heterocycles. The third-order valence-corrected chi connectivity index (χ3v) is 3.79. The molecule has 6 nitrogen and oxygen atoms in total. The summed E-state index contributed by atoms with van der Waals surface area (Å²) in [5, 5.41) is 12.3. The predicted octanol–water partition coefficient (Wildman–Crippen LogP) is 3.66. The number of nitriles is 1. The first-order valence-electron chi connectivity index (χ1n) is 7.69. The summed E-state index contributed by atoms with van der Waals surface area (Å²) in [6.45, 7) is 0.432. The fraction of sp³-hybridized carbons (Fsp3) is 0.222. The van der Waals surface area contributed by atoms with Crippen LogP contribution in [0.3, 0.4) is 0 Å². The monoisotopic (exact) mass is 340 g/mol. The van der Waals surface area contributed by atoms with E-state index in [1.807, 2.05) is 37.2 Å². The quantitative estimate of drug-likeness (QED) is 0.738. The van der Waals surface area contributed by atoms with Gasteiger partial charge in [0.05, 0.1) is 17.9 Å². The van der Waals surface area contributed by atoms with Gasteiger partial charge in [0.25, 0.3) is 0 Å². The number of oxazole rings is 1. The highest BCUT2D eigenvalue weighted by Gasteiger charge is 2.21. The van der Waals surface area contributed by atoms with Crippen LogP contribution in [0, 0.1) is 17.1 Å². The van der Waals surface area contributed by atoms with E-state index in [1.54, 1.807) is 24.5 Å². The van der Waals surface area contributed by atoms with Gasteiger partial charge in [-0.15, -0.1) is 0 Å². The summed E-state index contributed by atoms with van der Waals surface area (Å²) in [6, 6.07) is 11.7. The number of furan rings is 1. The largest absolute Gasteiger partial charge is 0.468 e. The maximum atomic E-state index is 13.9. The maximum Gasteiger partial charge on any atom is 0.233 e. The van der Waals surface area contributed by atoms with Crippen LogP contribution >= 0.6 is 0 Å². The van der Waals surface area contributed by atoms with E-state index < -0.39 is 5.82 Å². The molecule has 0 spiro atoms. The number of hydrogen-bond acceptors (Lipinski definition) is 6. The zero-order chi connectivity index (χ0) is 17.8. The summed E-state index contributed by atoms with van der Waals surface area (Å²) in [7, 11) is 3.84. The number of halogens is 1. The van der Waals surface area contributed by atoms with E-state index >= 15 is 0 Å². The van der Waals surface area contributed by atoms with Crippen LogP contribution in [0.1, 0.15) is 17.5 Å². The minimum absolute atomic E-state index is 0.0662. The van der Waals surface area contributed by atoms with Crippen molar-refractivity contribution >= 4 is 5.88 Å². The summed E-state index contributed by atoms with van der Waals surface area (Å²) >= 11 is 0. The Labute approximate surface area is 144 Å². The number of nitrogens with zero attached hydrogens (tertiary/aromatic N) is 3. The fourth-order valence-corrected chi connectivity index (χ4v) is 2.47. The molecule has 0 unspecified atom stereocenters. The molecule has 7 heteroatoms. The molecular weight excluding hydrogens is 323 g/mol. The van der Waals surface area contributed by atoms with Crippen LogP contribution in [0.5, 0.6) is 0 Å². The van der Waals surface area contributed by atoms with Crippen LogP contribution in [0.4, 0.5) is 10.3 Å². The minimum atomic E-state index is -0.457. The maximum absolute atomic E-state index is 13.9. The first-order valence-corrected chi connectivity index (χ1v) is 7.69. The zero-order valence-corrected chi connectivity index (χ0v) is 13.9. The van der Waals surface area contributed by atoms with Gasteiger partial charge in [-0.1, -0.05) is 12.1 Å². The van der Waals surface area contributed by atoms with Crippen molar-refractivity contribution in [2.45, 2.75) is 6.04 Å². The normalized spacial score (nSPS) is 12.1. The third kappa shape index (κ3) is 3.54. The molecule has 25 heavy (non-hydrogen) atoms. The molecule has 3 aromatic rings. The van der Waals surface area contributed by atoms with E-state index in [1.165, 1.54) is 6.07 Å². The van der Waals surface area contributed by atoms with E-state index in [2.05, 4.69) is 10.3 Å². The number of likely N-dealkylation sites (N-methyl/N-ethyl adjacent to an activating group) is 1. The molecule has 0 aliphatic heterocycles. The lowest BCUT2D eigenvalue weighted by molar-refractivity contribution is 0.268. The highest BCUT2D eigenvalue weighted by atomic mass is 19.1. The Balaban J connectivity index is 1.83. The number of rotatable bonds is 6. The van der Waals surface area contributed by atoms with Crippen LogP contribution in [0.2, 0.25) is 0 Å². The molecular formula is C18H17FN4O2. The molecule has 1 atom stereocenters. The van der Waals surface area contributed by atoms with Crippen molar-refractivity contribution in [1.82, 2.24) is 9.88 Å². The summed E-state index contributed by atoms with van der Waals surface area (Å²) in [5.74, 6) is 0.599. The second-order valence-electron chi connectivity index (χ2n) is 5.66. The molecule has 2 heterocycles. The Bertz CT molecular complexity index is 881. The SMILES string of the molecule is CN(C)[C@H](CNc1oc(-c2ccccc2F)nc1C#N)c1ccco1. The van der Waals surface area contributed by atoms with Gasteiger partial charge in [0.15, 0.2) is 0 Å². The highest BCUT2D eigenvalue weighted by Crippen LogP contribution is 2.28. The van der Waals surface area contributed by atoms with E-state index in [0.717, 1.165) is 5.76 Å². The van der Waals surface area contributed by atoms with Gasteiger partial charge in [-0.25, -0.2) is 4.39 Å². The average Bonchev–Trinajstić information content (AvgIpc) is 3.25. The lowest BCUT2D eigenvalue weighted by Gasteiger charge is -2.22. The first-order chi connectivity index (χ1) is 12.1. The first kappa shape index (κ1) is 16.7. The molecule has 2 aromatic heterocycles. The molecule has 3 rings (SSSR count). The van der Waals surface area contributed by atoms with Gasteiger partial charge < -0.3 is 14.2 Å². The zero-order valence-electron chi connectivity index (χ0n) is 13.9. The number of hydrogen-bond donors (Lipinski definition) is 1. The summed E-state index contributed by atoms with van der Waals surface area (Å²) in [6.07, 6.45) is 1.61. The van der Waals surface area contributed by atoms with Crippen LogP contribution in [-0.2, 0) is 0 Å². The molecule has 0 fully saturated rings. The van der Waals surface area contributed by atoms with Crippen LogP contribution in [-0.4, -0.2) is 30.5 Å². The summed E-state index contributed by atoms with van der Waals surface area (Å²) < 4.78 is 24.9. The van der Waals surface area contributed by atoms with Crippen molar-refractivity contribution in [2.24, 2.45) is 0 Å². The molecule has 1 aromatic carbocycles. The van der Waals surface area contributed by atoms with E-state index in [-0.39, 0.29) is 29.1 Å². The van der Waals surface area contributed by atoms with E-state index in [0.29, 0.717) is 6.54 Å². The Morgan fingerprint density at radius 3 is 2.72 bits per heavy atom. The Morgan fingerprint density at radius 2 is 2.08 bits per heavy atom. The van der Waals surface area contributed by atoms with Gasteiger partial charge in [-0.3, -0.25) is 4.90 Å². The molecule has 1 N–H and O–H groups in total. The lowest BCUT2D eigenvalue weighted by Crippen LogP contribution is -2.26. The lowest BCUT2D eigenvalue weighted by atomic mass is 10.2. The topological polar surface area (TPSA) is 78.2 Å². The van der Waals surface area contributed by atoms with Crippen molar-refractivity contribution in [1.29, 1.82) is 5.26 Å². The Kier molecular flexibility index (Phi) is 4.82. The Morgan fingerprint density at radius 1 is 1.28 bits per heavy atom. The molecule has 128 valence electrons. The molecule has 0 radical (unpaired) electrons. The van der Waals surface area contributed by atoms with Crippen molar-refractivity contribution < 1.29 is 13.2 Å². The number of aromatic nitrogens is 1. The van der Waals surface area contributed by atoms with Crippen molar-refractivity contribution in [3.8, 4) is 17.5 Å². The second kappa shape index (κ2) is 7.20. The van der Waals surface area contributed by atoms with Gasteiger partial charge in [0, 0.05) is 6.54 Å². The van der Waals surface area contributed by atoms with Crippen LogP contribution < -0.4 is 5.32 Å².